The van der Waals surface area contributed by atoms with E-state index in [9.17, 15) is 9.59 Å². The number of nitrogens with zero attached hydrogens (tertiary/aromatic N) is 1. The van der Waals surface area contributed by atoms with Crippen molar-refractivity contribution in [3.63, 3.8) is 0 Å². The smallest absolute Gasteiger partial charge is 0.246 e. The normalized spacial score (nSPS) is 28.2. The maximum Gasteiger partial charge on any atom is 0.246 e. The summed E-state index contributed by atoms with van der Waals surface area (Å²) < 4.78 is 0. The first kappa shape index (κ1) is 16.6. The van der Waals surface area contributed by atoms with Crippen molar-refractivity contribution in [3.8, 4) is 0 Å². The van der Waals surface area contributed by atoms with Gasteiger partial charge >= 0.3 is 0 Å². The van der Waals surface area contributed by atoms with E-state index < -0.39 is 0 Å². The van der Waals surface area contributed by atoms with Gasteiger partial charge in [0.25, 0.3) is 0 Å². The fourth-order valence-electron chi connectivity index (χ4n) is 4.91. The minimum absolute atomic E-state index is 0.00443. The second-order valence-corrected chi connectivity index (χ2v) is 7.69. The van der Waals surface area contributed by atoms with E-state index in [-0.39, 0.29) is 23.8 Å². The van der Waals surface area contributed by atoms with Gasteiger partial charge in [-0.1, -0.05) is 31.0 Å². The van der Waals surface area contributed by atoms with Gasteiger partial charge in [0.1, 0.15) is 0 Å². The van der Waals surface area contributed by atoms with Gasteiger partial charge in [0.2, 0.25) is 11.8 Å². The Morgan fingerprint density at radius 2 is 2.12 bits per heavy atom. The number of anilines is 1. The lowest BCUT2D eigenvalue weighted by molar-refractivity contribution is -0.135. The van der Waals surface area contributed by atoms with Crippen LogP contribution in [0.5, 0.6) is 0 Å². The number of fused-ring (bicyclic) bond motifs is 2. The van der Waals surface area contributed by atoms with E-state index >= 15 is 0 Å². The van der Waals surface area contributed by atoms with Crippen LogP contribution in [0.25, 0.3) is 0 Å². The third-order valence-corrected chi connectivity index (χ3v) is 6.30. The van der Waals surface area contributed by atoms with E-state index in [0.717, 1.165) is 57.4 Å². The molecule has 0 spiro atoms. The number of amides is 2. The van der Waals surface area contributed by atoms with E-state index in [1.54, 1.807) is 0 Å². The molecule has 4 rings (SSSR count). The Kier molecular flexibility index (Phi) is 4.50. The lowest BCUT2D eigenvalue weighted by Gasteiger charge is -2.37. The van der Waals surface area contributed by atoms with Gasteiger partial charge in [-0.25, -0.2) is 0 Å². The number of rotatable bonds is 3. The molecule has 2 amide bonds. The zero-order chi connectivity index (χ0) is 17.3. The SMILES string of the molecule is O=C(CNC(=O)[C@@]12CCCC[C@H]1CNC2)N1CCCc2ccccc21. The van der Waals surface area contributed by atoms with Crippen LogP contribution in [0.4, 0.5) is 5.69 Å². The van der Waals surface area contributed by atoms with Crippen molar-refractivity contribution in [3.05, 3.63) is 29.8 Å². The minimum atomic E-state index is -0.293. The second kappa shape index (κ2) is 6.79. The van der Waals surface area contributed by atoms with Crippen LogP contribution in [0.1, 0.15) is 37.7 Å². The van der Waals surface area contributed by atoms with Crippen LogP contribution >= 0.6 is 0 Å². The number of nitrogens with one attached hydrogen (secondary N) is 2. The molecule has 0 radical (unpaired) electrons. The molecule has 2 heterocycles. The molecular weight excluding hydrogens is 314 g/mol. The van der Waals surface area contributed by atoms with Crippen LogP contribution < -0.4 is 15.5 Å². The molecule has 5 nitrogen and oxygen atoms in total. The molecule has 2 aliphatic heterocycles. The summed E-state index contributed by atoms with van der Waals surface area (Å²) in [5.41, 5.74) is 1.93. The molecule has 3 aliphatic rings. The summed E-state index contributed by atoms with van der Waals surface area (Å²) in [5.74, 6) is 0.489. The van der Waals surface area contributed by atoms with E-state index in [2.05, 4.69) is 16.7 Å². The highest BCUT2D eigenvalue weighted by Gasteiger charge is 2.49. The topological polar surface area (TPSA) is 61.4 Å². The highest BCUT2D eigenvalue weighted by Crippen LogP contribution is 2.43. The third-order valence-electron chi connectivity index (χ3n) is 6.30. The number of aryl methyl sites for hydroxylation is 1. The Balaban J connectivity index is 1.42. The maximum absolute atomic E-state index is 12.9. The molecule has 2 N–H and O–H groups in total. The fourth-order valence-corrected chi connectivity index (χ4v) is 4.91. The summed E-state index contributed by atoms with van der Waals surface area (Å²) in [4.78, 5) is 27.5. The number of benzene rings is 1. The van der Waals surface area contributed by atoms with Crippen molar-refractivity contribution in [2.75, 3.05) is 31.1 Å². The summed E-state index contributed by atoms with van der Waals surface area (Å²) in [6, 6.07) is 8.08. The van der Waals surface area contributed by atoms with Crippen molar-refractivity contribution < 1.29 is 9.59 Å². The largest absolute Gasteiger partial charge is 0.346 e. The molecule has 1 saturated heterocycles. The van der Waals surface area contributed by atoms with Crippen molar-refractivity contribution in [1.29, 1.82) is 0 Å². The molecule has 1 aliphatic carbocycles. The Hall–Kier alpha value is -1.88. The van der Waals surface area contributed by atoms with E-state index in [0.29, 0.717) is 5.92 Å². The number of carbonyl (C=O) groups excluding carboxylic acids is 2. The van der Waals surface area contributed by atoms with Crippen LogP contribution in [0, 0.1) is 11.3 Å². The van der Waals surface area contributed by atoms with E-state index in [1.165, 1.54) is 12.0 Å². The highest BCUT2D eigenvalue weighted by molar-refractivity contribution is 5.98. The molecule has 2 atom stereocenters. The predicted octanol–water partition coefficient (Wildman–Crippen LogP) is 1.86. The maximum atomic E-state index is 12.9. The Labute approximate surface area is 149 Å². The molecule has 134 valence electrons. The monoisotopic (exact) mass is 341 g/mol. The molecule has 0 bridgehead atoms. The summed E-state index contributed by atoms with van der Waals surface area (Å²) >= 11 is 0. The van der Waals surface area contributed by atoms with Crippen LogP contribution in [0.2, 0.25) is 0 Å². The Morgan fingerprint density at radius 3 is 3.04 bits per heavy atom. The molecule has 2 fully saturated rings. The average molecular weight is 341 g/mol. The standard InChI is InChI=1S/C20H27N3O2/c24-18(23-11-5-7-15-6-1-2-9-17(15)23)13-22-19(25)20-10-4-3-8-16(20)12-21-14-20/h1-2,6,9,16,21H,3-5,7-8,10-14H2,(H,22,25)/t16-,20+/m0/s1. The van der Waals surface area contributed by atoms with Crippen LogP contribution in [-0.4, -0.2) is 38.0 Å². The molecule has 0 aromatic heterocycles. The molecule has 1 aromatic rings. The van der Waals surface area contributed by atoms with Crippen molar-refractivity contribution in [1.82, 2.24) is 10.6 Å². The lowest BCUT2D eigenvalue weighted by Crippen LogP contribution is -2.51. The quantitative estimate of drug-likeness (QED) is 0.882. The Morgan fingerprint density at radius 1 is 1.24 bits per heavy atom. The average Bonchev–Trinajstić information content (AvgIpc) is 3.10. The first-order chi connectivity index (χ1) is 12.2. The van der Waals surface area contributed by atoms with Gasteiger partial charge in [-0.05, 0) is 49.8 Å². The number of para-hydroxylation sites is 1. The van der Waals surface area contributed by atoms with Gasteiger partial charge in [-0.3, -0.25) is 9.59 Å². The summed E-state index contributed by atoms with van der Waals surface area (Å²) in [7, 11) is 0. The molecule has 5 heteroatoms. The number of hydrogen-bond acceptors (Lipinski definition) is 3. The third kappa shape index (κ3) is 2.95. The zero-order valence-corrected chi connectivity index (χ0v) is 14.7. The van der Waals surface area contributed by atoms with Crippen LogP contribution in [0.3, 0.4) is 0 Å². The molecule has 1 aromatic carbocycles. The molecular formula is C20H27N3O2. The van der Waals surface area contributed by atoms with Gasteiger partial charge in [0, 0.05) is 18.8 Å². The van der Waals surface area contributed by atoms with Crippen molar-refractivity contribution >= 4 is 17.5 Å². The van der Waals surface area contributed by atoms with E-state index in [4.69, 9.17) is 0 Å². The first-order valence-electron chi connectivity index (χ1n) is 9.58. The Bertz CT molecular complexity index is 675. The van der Waals surface area contributed by atoms with Crippen LogP contribution in [0.15, 0.2) is 24.3 Å². The molecule has 25 heavy (non-hydrogen) atoms. The van der Waals surface area contributed by atoms with Gasteiger partial charge in [0.15, 0.2) is 0 Å². The van der Waals surface area contributed by atoms with Gasteiger partial charge < -0.3 is 15.5 Å². The summed E-state index contributed by atoms with van der Waals surface area (Å²) in [6.45, 7) is 2.52. The highest BCUT2D eigenvalue weighted by atomic mass is 16.2. The lowest BCUT2D eigenvalue weighted by atomic mass is 9.67. The van der Waals surface area contributed by atoms with Gasteiger partial charge in [-0.15, -0.1) is 0 Å². The summed E-state index contributed by atoms with van der Waals surface area (Å²) in [6.07, 6.45) is 6.38. The summed E-state index contributed by atoms with van der Waals surface area (Å²) in [5, 5.41) is 6.37. The van der Waals surface area contributed by atoms with Gasteiger partial charge in [-0.2, -0.15) is 0 Å². The van der Waals surface area contributed by atoms with Crippen LogP contribution in [-0.2, 0) is 16.0 Å². The number of hydrogen-bond donors (Lipinski definition) is 2. The predicted molar refractivity (Wildman–Crippen MR) is 97.4 cm³/mol. The van der Waals surface area contributed by atoms with E-state index in [1.807, 2.05) is 23.1 Å². The number of carbonyl (C=O) groups is 2. The van der Waals surface area contributed by atoms with Crippen molar-refractivity contribution in [2.24, 2.45) is 11.3 Å². The first-order valence-corrected chi connectivity index (χ1v) is 9.58. The molecule has 1 saturated carbocycles. The minimum Gasteiger partial charge on any atom is -0.346 e. The second-order valence-electron chi connectivity index (χ2n) is 7.69. The zero-order valence-electron chi connectivity index (χ0n) is 14.7. The van der Waals surface area contributed by atoms with Crippen molar-refractivity contribution in [2.45, 2.75) is 38.5 Å². The molecule has 0 unspecified atom stereocenters. The van der Waals surface area contributed by atoms with Gasteiger partial charge in [0.05, 0.1) is 12.0 Å². The fraction of sp³-hybridized carbons (Fsp3) is 0.600.